The fourth-order valence-corrected chi connectivity index (χ4v) is 2.46. The molecule has 1 unspecified atom stereocenters. The van der Waals surface area contributed by atoms with Gasteiger partial charge < -0.3 is 5.32 Å². The van der Waals surface area contributed by atoms with Crippen molar-refractivity contribution in [3.63, 3.8) is 0 Å². The van der Waals surface area contributed by atoms with Gasteiger partial charge in [-0.1, -0.05) is 0 Å². The maximum Gasteiger partial charge on any atom is 0.208 e. The summed E-state index contributed by atoms with van der Waals surface area (Å²) < 4.78 is 23.9. The number of nitrogens with one attached hydrogen (secondary N) is 2. The highest BCUT2D eigenvalue weighted by molar-refractivity contribution is 7.99. The lowest BCUT2D eigenvalue weighted by Gasteiger charge is -2.22. The topological polar surface area (TPSA) is 58.2 Å². The maximum absolute atomic E-state index is 10.7. The lowest BCUT2D eigenvalue weighted by Crippen LogP contribution is -2.45. The summed E-state index contributed by atoms with van der Waals surface area (Å²) in [5, 5.41) is 3.24. The van der Waals surface area contributed by atoms with E-state index in [4.69, 9.17) is 0 Å². The molecule has 1 aliphatic heterocycles. The van der Waals surface area contributed by atoms with Crippen molar-refractivity contribution >= 4 is 21.8 Å². The summed E-state index contributed by atoms with van der Waals surface area (Å²) in [5.41, 5.74) is 0. The van der Waals surface area contributed by atoms with E-state index in [9.17, 15) is 8.42 Å². The van der Waals surface area contributed by atoms with Crippen molar-refractivity contribution in [3.8, 4) is 0 Å². The molecule has 1 fully saturated rings. The maximum atomic E-state index is 10.7. The Labute approximate surface area is 77.5 Å². The Morgan fingerprint density at radius 2 is 2.42 bits per heavy atom. The minimum absolute atomic E-state index is 0.290. The SMILES string of the molecule is CS(=O)(=O)NCC1CSCCN1. The quantitative estimate of drug-likeness (QED) is 0.643. The highest BCUT2D eigenvalue weighted by Crippen LogP contribution is 2.06. The Hall–Kier alpha value is 0.220. The van der Waals surface area contributed by atoms with Gasteiger partial charge in [0.25, 0.3) is 0 Å². The van der Waals surface area contributed by atoms with Crippen LogP contribution in [0, 0.1) is 0 Å². The molecule has 0 spiro atoms. The highest BCUT2D eigenvalue weighted by Gasteiger charge is 2.13. The molecule has 0 aliphatic carbocycles. The summed E-state index contributed by atoms with van der Waals surface area (Å²) >= 11 is 1.86. The van der Waals surface area contributed by atoms with Gasteiger partial charge in [0.2, 0.25) is 10.0 Å². The summed E-state index contributed by atoms with van der Waals surface area (Å²) in [6.07, 6.45) is 1.18. The summed E-state index contributed by atoms with van der Waals surface area (Å²) in [6.45, 7) is 1.48. The zero-order chi connectivity index (χ0) is 9.03. The average molecular weight is 210 g/mol. The highest BCUT2D eigenvalue weighted by atomic mass is 32.2. The van der Waals surface area contributed by atoms with E-state index >= 15 is 0 Å². The molecular formula is C6H14N2O2S2. The first kappa shape index (κ1) is 10.3. The van der Waals surface area contributed by atoms with Gasteiger partial charge in [0.1, 0.15) is 0 Å². The molecule has 0 amide bonds. The second-order valence-electron chi connectivity index (χ2n) is 2.85. The van der Waals surface area contributed by atoms with Crippen molar-refractivity contribution in [3.05, 3.63) is 0 Å². The predicted molar refractivity (Wildman–Crippen MR) is 52.0 cm³/mol. The zero-order valence-electron chi connectivity index (χ0n) is 7.04. The molecule has 72 valence electrons. The number of hydrogen-bond donors (Lipinski definition) is 2. The lowest BCUT2D eigenvalue weighted by molar-refractivity contribution is 0.538. The zero-order valence-corrected chi connectivity index (χ0v) is 8.67. The Balaban J connectivity index is 2.22. The molecule has 0 aromatic rings. The fraction of sp³-hybridized carbons (Fsp3) is 1.00. The van der Waals surface area contributed by atoms with Gasteiger partial charge in [-0.2, -0.15) is 11.8 Å². The van der Waals surface area contributed by atoms with Gasteiger partial charge in [0, 0.05) is 30.6 Å². The Morgan fingerprint density at radius 1 is 1.67 bits per heavy atom. The molecule has 0 aromatic heterocycles. The number of sulfonamides is 1. The molecule has 1 atom stereocenters. The van der Waals surface area contributed by atoms with E-state index in [2.05, 4.69) is 10.0 Å². The first-order valence-electron chi connectivity index (χ1n) is 3.84. The first-order valence-corrected chi connectivity index (χ1v) is 6.88. The molecule has 6 heteroatoms. The molecule has 12 heavy (non-hydrogen) atoms. The summed E-state index contributed by atoms with van der Waals surface area (Å²) in [6, 6.07) is 0.290. The van der Waals surface area contributed by atoms with Gasteiger partial charge in [-0.3, -0.25) is 0 Å². The third-order valence-electron chi connectivity index (χ3n) is 1.59. The Morgan fingerprint density at radius 3 is 2.92 bits per heavy atom. The molecule has 1 rings (SSSR count). The number of hydrogen-bond acceptors (Lipinski definition) is 4. The first-order chi connectivity index (χ1) is 5.58. The van der Waals surface area contributed by atoms with Gasteiger partial charge in [-0.15, -0.1) is 0 Å². The summed E-state index contributed by atoms with van der Waals surface area (Å²) in [7, 11) is -3.02. The van der Waals surface area contributed by atoms with Crippen molar-refractivity contribution < 1.29 is 8.42 Å². The van der Waals surface area contributed by atoms with Crippen molar-refractivity contribution in [2.45, 2.75) is 6.04 Å². The predicted octanol–water partition coefficient (Wildman–Crippen LogP) is -0.759. The van der Waals surface area contributed by atoms with Crippen LogP contribution in [-0.4, -0.2) is 45.3 Å². The van der Waals surface area contributed by atoms with Gasteiger partial charge in [0.15, 0.2) is 0 Å². The fourth-order valence-electron chi connectivity index (χ4n) is 1.00. The van der Waals surface area contributed by atoms with Gasteiger partial charge in [-0.25, -0.2) is 13.1 Å². The molecule has 0 saturated carbocycles. The standard InChI is InChI=1S/C6H14N2O2S2/c1-12(9,10)8-4-6-5-11-3-2-7-6/h6-8H,2-5H2,1H3. The minimum atomic E-state index is -3.02. The van der Waals surface area contributed by atoms with Crippen LogP contribution in [-0.2, 0) is 10.0 Å². The van der Waals surface area contributed by atoms with Crippen LogP contribution in [0.4, 0.5) is 0 Å². The Kier molecular flexibility index (Phi) is 3.82. The van der Waals surface area contributed by atoms with Crippen LogP contribution < -0.4 is 10.0 Å². The van der Waals surface area contributed by atoms with Crippen LogP contribution >= 0.6 is 11.8 Å². The van der Waals surface area contributed by atoms with Crippen molar-refractivity contribution in [1.82, 2.24) is 10.0 Å². The average Bonchev–Trinajstić information content (AvgIpc) is 2.02. The molecule has 1 aliphatic rings. The second-order valence-corrected chi connectivity index (χ2v) is 5.83. The summed E-state index contributed by atoms with van der Waals surface area (Å²) in [5.74, 6) is 2.11. The van der Waals surface area contributed by atoms with Crippen LogP contribution in [0.25, 0.3) is 0 Å². The van der Waals surface area contributed by atoms with E-state index in [1.165, 1.54) is 6.26 Å². The second kappa shape index (κ2) is 4.45. The van der Waals surface area contributed by atoms with Crippen LogP contribution in [0.3, 0.4) is 0 Å². The molecule has 0 bridgehead atoms. The third kappa shape index (κ3) is 4.30. The van der Waals surface area contributed by atoms with E-state index in [0.717, 1.165) is 18.1 Å². The molecular weight excluding hydrogens is 196 g/mol. The Bertz CT molecular complexity index is 222. The lowest BCUT2D eigenvalue weighted by atomic mass is 10.3. The molecule has 4 nitrogen and oxygen atoms in total. The molecule has 2 N–H and O–H groups in total. The molecule has 1 saturated heterocycles. The largest absolute Gasteiger partial charge is 0.311 e. The molecule has 1 heterocycles. The van der Waals surface area contributed by atoms with Crippen LogP contribution in [0.5, 0.6) is 0 Å². The normalized spacial score (nSPS) is 25.6. The van der Waals surface area contributed by atoms with Gasteiger partial charge >= 0.3 is 0 Å². The van der Waals surface area contributed by atoms with E-state index in [1.807, 2.05) is 11.8 Å². The number of rotatable bonds is 3. The van der Waals surface area contributed by atoms with Crippen LogP contribution in [0.1, 0.15) is 0 Å². The van der Waals surface area contributed by atoms with E-state index in [0.29, 0.717) is 12.6 Å². The van der Waals surface area contributed by atoms with E-state index < -0.39 is 10.0 Å². The monoisotopic (exact) mass is 210 g/mol. The third-order valence-corrected chi connectivity index (χ3v) is 3.41. The van der Waals surface area contributed by atoms with Gasteiger partial charge in [0.05, 0.1) is 6.26 Å². The minimum Gasteiger partial charge on any atom is -0.311 e. The molecule has 0 radical (unpaired) electrons. The van der Waals surface area contributed by atoms with Crippen molar-refractivity contribution in [1.29, 1.82) is 0 Å². The van der Waals surface area contributed by atoms with E-state index in [1.54, 1.807) is 0 Å². The van der Waals surface area contributed by atoms with Crippen molar-refractivity contribution in [2.24, 2.45) is 0 Å². The number of thioether (sulfide) groups is 1. The molecule has 0 aromatic carbocycles. The van der Waals surface area contributed by atoms with Crippen LogP contribution in [0.15, 0.2) is 0 Å². The van der Waals surface area contributed by atoms with Crippen molar-refractivity contribution in [2.75, 3.05) is 30.9 Å². The van der Waals surface area contributed by atoms with E-state index in [-0.39, 0.29) is 0 Å². The van der Waals surface area contributed by atoms with Crippen LogP contribution in [0.2, 0.25) is 0 Å². The summed E-state index contributed by atoms with van der Waals surface area (Å²) in [4.78, 5) is 0. The van der Waals surface area contributed by atoms with Gasteiger partial charge in [-0.05, 0) is 0 Å². The smallest absolute Gasteiger partial charge is 0.208 e.